The van der Waals surface area contributed by atoms with E-state index in [1.54, 1.807) is 6.07 Å². The molecule has 0 aromatic heterocycles. The van der Waals surface area contributed by atoms with Gasteiger partial charge in [-0.3, -0.25) is 4.90 Å². The van der Waals surface area contributed by atoms with E-state index >= 15 is 0 Å². The van der Waals surface area contributed by atoms with Crippen LogP contribution in [0.5, 0.6) is 5.75 Å². The third-order valence-electron chi connectivity index (χ3n) is 2.99. The maximum absolute atomic E-state index is 13.7. The van der Waals surface area contributed by atoms with Crippen molar-refractivity contribution in [1.29, 1.82) is 0 Å². The summed E-state index contributed by atoms with van der Waals surface area (Å²) >= 11 is 0. The Morgan fingerprint density at radius 3 is 2.41 bits per heavy atom. The molecule has 0 radical (unpaired) electrons. The molecule has 0 saturated carbocycles. The molecule has 0 saturated heterocycles. The first-order valence-corrected chi connectivity index (χ1v) is 6.18. The Bertz CT molecular complexity index is 365. The zero-order chi connectivity index (χ0) is 13.0. The first-order valence-electron chi connectivity index (χ1n) is 6.18. The van der Waals surface area contributed by atoms with Crippen molar-refractivity contribution >= 4 is 0 Å². The van der Waals surface area contributed by atoms with Crippen LogP contribution in [0.4, 0.5) is 4.39 Å². The summed E-state index contributed by atoms with van der Waals surface area (Å²) in [7, 11) is 0. The molecule has 1 N–H and O–H groups in total. The summed E-state index contributed by atoms with van der Waals surface area (Å²) in [6.07, 6.45) is 0. The van der Waals surface area contributed by atoms with Crippen LogP contribution in [-0.2, 0) is 0 Å². The van der Waals surface area contributed by atoms with E-state index in [0.717, 1.165) is 13.1 Å². The second kappa shape index (κ2) is 6.01. The Morgan fingerprint density at radius 2 is 1.94 bits per heavy atom. The number of hydrogen-bond donors (Lipinski definition) is 1. The minimum Gasteiger partial charge on any atom is -0.508 e. The van der Waals surface area contributed by atoms with Gasteiger partial charge in [0.15, 0.2) is 0 Å². The molecular weight excluding hydrogens is 217 g/mol. The van der Waals surface area contributed by atoms with E-state index < -0.39 is 0 Å². The lowest BCUT2D eigenvalue weighted by Gasteiger charge is -2.30. The van der Waals surface area contributed by atoms with Crippen molar-refractivity contribution in [2.45, 2.75) is 33.7 Å². The Labute approximate surface area is 103 Å². The lowest BCUT2D eigenvalue weighted by molar-refractivity contribution is 0.194. The van der Waals surface area contributed by atoms with Gasteiger partial charge in [0.25, 0.3) is 0 Å². The van der Waals surface area contributed by atoms with Gasteiger partial charge in [0, 0.05) is 24.2 Å². The van der Waals surface area contributed by atoms with Crippen LogP contribution in [0.2, 0.25) is 0 Å². The number of aromatic hydroxyl groups is 1. The topological polar surface area (TPSA) is 23.5 Å². The van der Waals surface area contributed by atoms with Crippen LogP contribution in [0.15, 0.2) is 18.2 Å². The fourth-order valence-corrected chi connectivity index (χ4v) is 2.08. The highest BCUT2D eigenvalue weighted by Crippen LogP contribution is 2.26. The second-order valence-electron chi connectivity index (χ2n) is 4.86. The van der Waals surface area contributed by atoms with Gasteiger partial charge in [-0.05, 0) is 25.5 Å². The molecule has 1 atom stereocenters. The van der Waals surface area contributed by atoms with Gasteiger partial charge in [0.2, 0.25) is 0 Å². The summed E-state index contributed by atoms with van der Waals surface area (Å²) in [6.45, 7) is 10.2. The first-order chi connectivity index (χ1) is 7.95. The number of nitrogens with zero attached hydrogens (tertiary/aromatic N) is 1. The van der Waals surface area contributed by atoms with Crippen LogP contribution in [0.1, 0.15) is 39.3 Å². The molecule has 0 amide bonds. The molecule has 0 aliphatic rings. The molecule has 96 valence electrons. The van der Waals surface area contributed by atoms with Crippen molar-refractivity contribution in [2.24, 2.45) is 5.92 Å². The average Bonchev–Trinajstić information content (AvgIpc) is 2.24. The van der Waals surface area contributed by atoms with Crippen LogP contribution >= 0.6 is 0 Å². The fourth-order valence-electron chi connectivity index (χ4n) is 2.08. The van der Waals surface area contributed by atoms with E-state index in [2.05, 4.69) is 25.7 Å². The smallest absolute Gasteiger partial charge is 0.131 e. The van der Waals surface area contributed by atoms with Gasteiger partial charge in [-0.2, -0.15) is 0 Å². The van der Waals surface area contributed by atoms with Crippen molar-refractivity contribution in [2.75, 3.05) is 13.1 Å². The Kier molecular flexibility index (Phi) is 4.94. The predicted octanol–water partition coefficient (Wildman–Crippen LogP) is 3.57. The van der Waals surface area contributed by atoms with Gasteiger partial charge in [-0.1, -0.05) is 26.8 Å². The number of halogens is 1. The summed E-state index contributed by atoms with van der Waals surface area (Å²) in [5, 5.41) is 9.21. The maximum atomic E-state index is 13.7. The average molecular weight is 239 g/mol. The number of rotatable bonds is 5. The summed E-state index contributed by atoms with van der Waals surface area (Å²) in [5.74, 6) is 0.197. The zero-order valence-corrected chi connectivity index (χ0v) is 11.1. The van der Waals surface area contributed by atoms with Gasteiger partial charge < -0.3 is 5.11 Å². The molecule has 0 aliphatic heterocycles. The Morgan fingerprint density at radius 1 is 1.29 bits per heavy atom. The number of phenols is 1. The molecule has 3 heteroatoms. The van der Waals surface area contributed by atoms with Crippen molar-refractivity contribution in [3.8, 4) is 5.75 Å². The Hall–Kier alpha value is -1.09. The van der Waals surface area contributed by atoms with Crippen molar-refractivity contribution in [1.82, 2.24) is 4.90 Å². The van der Waals surface area contributed by atoms with Crippen molar-refractivity contribution < 1.29 is 9.50 Å². The van der Waals surface area contributed by atoms with E-state index in [9.17, 15) is 9.50 Å². The highest BCUT2D eigenvalue weighted by molar-refractivity contribution is 5.29. The third kappa shape index (κ3) is 3.70. The predicted molar refractivity (Wildman–Crippen MR) is 68.6 cm³/mol. The van der Waals surface area contributed by atoms with Crippen LogP contribution in [0, 0.1) is 11.7 Å². The molecule has 0 aliphatic carbocycles. The third-order valence-corrected chi connectivity index (χ3v) is 2.99. The standard InChI is InChI=1S/C14H22FNO/c1-5-16(9-10(2)3)11(4)13-7-6-12(17)8-14(13)15/h6-8,10-11,17H,5,9H2,1-4H3. The summed E-state index contributed by atoms with van der Waals surface area (Å²) in [6, 6.07) is 4.41. The largest absolute Gasteiger partial charge is 0.508 e. The SMILES string of the molecule is CCN(CC(C)C)C(C)c1ccc(O)cc1F. The molecule has 2 nitrogen and oxygen atoms in total. The van der Waals surface area contributed by atoms with Crippen LogP contribution in [0.3, 0.4) is 0 Å². The van der Waals surface area contributed by atoms with Crippen LogP contribution < -0.4 is 0 Å². The zero-order valence-electron chi connectivity index (χ0n) is 11.1. The summed E-state index contributed by atoms with van der Waals surface area (Å²) < 4.78 is 13.7. The van der Waals surface area contributed by atoms with E-state index in [4.69, 9.17) is 0 Å². The Balaban J connectivity index is 2.89. The number of phenolic OH excluding ortho intramolecular Hbond substituents is 1. The van der Waals surface area contributed by atoms with Gasteiger partial charge in [0.05, 0.1) is 0 Å². The molecule has 1 rings (SSSR count). The molecular formula is C14H22FNO. The molecule has 1 aromatic carbocycles. The van der Waals surface area contributed by atoms with Gasteiger partial charge in [-0.15, -0.1) is 0 Å². The second-order valence-corrected chi connectivity index (χ2v) is 4.86. The van der Waals surface area contributed by atoms with Crippen LogP contribution in [0.25, 0.3) is 0 Å². The van der Waals surface area contributed by atoms with Crippen molar-refractivity contribution in [3.63, 3.8) is 0 Å². The fraction of sp³-hybridized carbons (Fsp3) is 0.571. The van der Waals surface area contributed by atoms with E-state index in [0.29, 0.717) is 11.5 Å². The highest BCUT2D eigenvalue weighted by atomic mass is 19.1. The van der Waals surface area contributed by atoms with Gasteiger partial charge in [0.1, 0.15) is 11.6 Å². The van der Waals surface area contributed by atoms with Gasteiger partial charge >= 0.3 is 0 Å². The first kappa shape index (κ1) is 14.0. The van der Waals surface area contributed by atoms with E-state index in [1.807, 2.05) is 6.92 Å². The van der Waals surface area contributed by atoms with Crippen LogP contribution in [-0.4, -0.2) is 23.1 Å². The molecule has 1 unspecified atom stereocenters. The molecule has 1 aromatic rings. The molecule has 0 fully saturated rings. The molecule has 0 spiro atoms. The summed E-state index contributed by atoms with van der Waals surface area (Å²) in [5.41, 5.74) is 0.644. The van der Waals surface area contributed by atoms with Gasteiger partial charge in [-0.25, -0.2) is 4.39 Å². The minimum absolute atomic E-state index is 0.0228. The highest BCUT2D eigenvalue weighted by Gasteiger charge is 2.18. The number of benzene rings is 1. The molecule has 17 heavy (non-hydrogen) atoms. The quantitative estimate of drug-likeness (QED) is 0.849. The monoisotopic (exact) mass is 239 g/mol. The molecule has 0 bridgehead atoms. The maximum Gasteiger partial charge on any atom is 0.131 e. The normalized spacial score (nSPS) is 13.4. The lowest BCUT2D eigenvalue weighted by Crippen LogP contribution is -2.30. The lowest BCUT2D eigenvalue weighted by atomic mass is 10.0. The summed E-state index contributed by atoms with van der Waals surface area (Å²) in [4.78, 5) is 2.24. The minimum atomic E-state index is -0.334. The molecule has 0 heterocycles. The van der Waals surface area contributed by atoms with Crippen molar-refractivity contribution in [3.05, 3.63) is 29.6 Å². The van der Waals surface area contributed by atoms with E-state index in [1.165, 1.54) is 12.1 Å². The number of hydrogen-bond acceptors (Lipinski definition) is 2. The van der Waals surface area contributed by atoms with E-state index in [-0.39, 0.29) is 17.6 Å².